The normalized spacial score (nSPS) is 30.8. The van der Waals surface area contributed by atoms with Gasteiger partial charge in [-0.25, -0.2) is 5.43 Å². The van der Waals surface area contributed by atoms with Gasteiger partial charge in [-0.3, -0.25) is 9.69 Å². The van der Waals surface area contributed by atoms with Crippen molar-refractivity contribution in [1.29, 1.82) is 5.26 Å². The maximum absolute atomic E-state index is 12.8. The van der Waals surface area contributed by atoms with Crippen LogP contribution >= 0.6 is 0 Å². The number of rotatable bonds is 5. The highest BCUT2D eigenvalue weighted by molar-refractivity contribution is 5.94. The maximum atomic E-state index is 12.8. The molecular weight excluding hydrogens is 445 g/mol. The highest BCUT2D eigenvalue weighted by atomic mass is 19.4. The van der Waals surface area contributed by atoms with Gasteiger partial charge in [0.15, 0.2) is 0 Å². The molecule has 2 aliphatic heterocycles. The average molecular weight is 475 g/mol. The Bertz CT molecular complexity index is 1010. The minimum absolute atomic E-state index is 0.117. The molecule has 2 aliphatic carbocycles. The lowest BCUT2D eigenvalue weighted by Crippen LogP contribution is -2.64. The molecule has 3 fully saturated rings. The third-order valence-corrected chi connectivity index (χ3v) is 7.99. The van der Waals surface area contributed by atoms with Crippen LogP contribution in [0.2, 0.25) is 0 Å². The predicted octanol–water partition coefficient (Wildman–Crippen LogP) is 3.18. The summed E-state index contributed by atoms with van der Waals surface area (Å²) in [5, 5.41) is 14.7. The van der Waals surface area contributed by atoms with E-state index in [1.165, 1.54) is 31.4 Å². The summed E-state index contributed by atoms with van der Waals surface area (Å²) in [7, 11) is 0. The summed E-state index contributed by atoms with van der Waals surface area (Å²) >= 11 is 0. The summed E-state index contributed by atoms with van der Waals surface area (Å²) in [6.45, 7) is 2.29. The van der Waals surface area contributed by atoms with E-state index < -0.39 is 23.8 Å². The molecule has 0 aromatic heterocycles. The van der Waals surface area contributed by atoms with Crippen LogP contribution in [0.25, 0.3) is 0 Å². The zero-order chi connectivity index (χ0) is 24.1. The van der Waals surface area contributed by atoms with E-state index in [2.05, 4.69) is 21.7 Å². The second-order valence-corrected chi connectivity index (χ2v) is 10.2. The molecule has 2 unspecified atom stereocenters. The number of carbonyl (C=O) groups excluding carboxylic acids is 1. The molecule has 10 heteroatoms. The van der Waals surface area contributed by atoms with E-state index in [0.29, 0.717) is 17.1 Å². The topological polar surface area (TPSA) is 97.4 Å². The number of primary amides is 1. The first-order valence-electron chi connectivity index (χ1n) is 11.8. The second kappa shape index (κ2) is 8.47. The number of nitriles is 1. The Labute approximate surface area is 196 Å². The minimum atomic E-state index is -4.42. The number of nitrogens with two attached hydrogens (primary N) is 1. The third-order valence-electron chi connectivity index (χ3n) is 7.99. The molecule has 0 radical (unpaired) electrons. The van der Waals surface area contributed by atoms with Gasteiger partial charge in [0.1, 0.15) is 6.17 Å². The number of likely N-dealkylation sites (tertiary alicyclic amines) is 1. The number of anilines is 1. The Kier molecular flexibility index (Phi) is 5.73. The van der Waals surface area contributed by atoms with Crippen molar-refractivity contribution in [3.05, 3.63) is 41.6 Å². The van der Waals surface area contributed by atoms with Crippen LogP contribution in [-0.2, 0) is 11.0 Å². The molecule has 1 saturated heterocycles. The van der Waals surface area contributed by atoms with E-state index >= 15 is 0 Å². The second-order valence-electron chi connectivity index (χ2n) is 10.2. The van der Waals surface area contributed by atoms with Gasteiger partial charge in [0.25, 0.3) is 0 Å². The van der Waals surface area contributed by atoms with E-state index in [4.69, 9.17) is 5.73 Å². The Balaban J connectivity index is 1.23. The largest absolute Gasteiger partial charge is 0.416 e. The van der Waals surface area contributed by atoms with Gasteiger partial charge in [-0.15, -0.1) is 0 Å². The standard InChI is InChI=1S/C24H29F3N6O/c25-24(26,27)16-2-4-17(5-3-16)30-22-19(21(29)34)12-33(31-22)20-7-6-18(10-15(20)11-28)32-13-23(14-32)8-1-9-23/h2-5,12,15,18,20,22,30-31H,1,6-10,13-14H2,(H2,29,34)/t15?,18-,20+,22?/m1/s1. The van der Waals surface area contributed by atoms with E-state index in [9.17, 15) is 23.2 Å². The van der Waals surface area contributed by atoms with Gasteiger partial charge >= 0.3 is 6.18 Å². The van der Waals surface area contributed by atoms with Crippen LogP contribution in [0.4, 0.5) is 18.9 Å². The van der Waals surface area contributed by atoms with E-state index in [1.807, 2.05) is 0 Å². The van der Waals surface area contributed by atoms with Crippen molar-refractivity contribution in [2.45, 2.75) is 63.0 Å². The van der Waals surface area contributed by atoms with Gasteiger partial charge in [-0.05, 0) is 61.8 Å². The summed E-state index contributed by atoms with van der Waals surface area (Å²) in [4.78, 5) is 14.6. The molecule has 7 nitrogen and oxygen atoms in total. The number of alkyl halides is 3. The van der Waals surface area contributed by atoms with Crippen LogP contribution in [-0.4, -0.2) is 47.2 Å². The first-order valence-corrected chi connectivity index (χ1v) is 11.8. The molecule has 1 amide bonds. The van der Waals surface area contributed by atoms with Crippen molar-refractivity contribution < 1.29 is 18.0 Å². The molecule has 2 heterocycles. The molecule has 4 aliphatic rings. The van der Waals surface area contributed by atoms with Crippen molar-refractivity contribution in [2.75, 3.05) is 18.4 Å². The monoisotopic (exact) mass is 474 g/mol. The quantitative estimate of drug-likeness (QED) is 0.607. The van der Waals surface area contributed by atoms with Gasteiger partial charge in [0.05, 0.1) is 29.2 Å². The highest BCUT2D eigenvalue weighted by Gasteiger charge is 2.50. The highest BCUT2D eigenvalue weighted by Crippen LogP contribution is 2.50. The molecular formula is C24H29F3N6O. The average Bonchev–Trinajstić information content (AvgIpc) is 3.15. The van der Waals surface area contributed by atoms with Crippen LogP contribution in [0, 0.1) is 22.7 Å². The smallest absolute Gasteiger partial charge is 0.366 e. The zero-order valence-corrected chi connectivity index (χ0v) is 18.8. The van der Waals surface area contributed by atoms with Crippen molar-refractivity contribution >= 4 is 11.6 Å². The number of nitrogens with zero attached hydrogens (tertiary/aromatic N) is 3. The predicted molar refractivity (Wildman–Crippen MR) is 119 cm³/mol. The summed E-state index contributed by atoms with van der Waals surface area (Å²) < 4.78 is 38.5. The fraction of sp³-hybridized carbons (Fsp3) is 0.583. The lowest BCUT2D eigenvalue weighted by Gasteiger charge is -2.59. The maximum Gasteiger partial charge on any atom is 0.416 e. The molecule has 4 atom stereocenters. The Morgan fingerprint density at radius 2 is 1.91 bits per heavy atom. The van der Waals surface area contributed by atoms with Crippen molar-refractivity contribution in [3.8, 4) is 6.07 Å². The van der Waals surface area contributed by atoms with Crippen LogP contribution in [0.3, 0.4) is 0 Å². The lowest BCUT2D eigenvalue weighted by molar-refractivity contribution is -0.137. The summed E-state index contributed by atoms with van der Waals surface area (Å²) in [6.07, 6.45) is 3.07. The summed E-state index contributed by atoms with van der Waals surface area (Å²) in [5.41, 5.74) is 9.27. The molecule has 1 aromatic rings. The van der Waals surface area contributed by atoms with Crippen molar-refractivity contribution in [1.82, 2.24) is 15.3 Å². The molecule has 182 valence electrons. The van der Waals surface area contributed by atoms with Crippen molar-refractivity contribution in [3.63, 3.8) is 0 Å². The molecule has 1 spiro atoms. The fourth-order valence-electron chi connectivity index (χ4n) is 5.91. The Morgan fingerprint density at radius 1 is 1.21 bits per heavy atom. The van der Waals surface area contributed by atoms with Gasteiger partial charge in [-0.2, -0.15) is 18.4 Å². The number of hydrazine groups is 1. The van der Waals surface area contributed by atoms with Crippen LogP contribution in [0.1, 0.15) is 44.1 Å². The Hall–Kier alpha value is -2.77. The lowest BCUT2D eigenvalue weighted by atomic mass is 9.62. The fourth-order valence-corrected chi connectivity index (χ4v) is 5.91. The SMILES string of the molecule is N#CC1C[C@H](N2CC3(CCC3)C2)CC[C@@H]1N1C=C(C(N)=O)C(Nc2ccc(C(F)(F)F)cc2)N1. The molecule has 4 N–H and O–H groups in total. The Morgan fingerprint density at radius 3 is 2.47 bits per heavy atom. The first-order chi connectivity index (χ1) is 16.2. The van der Waals surface area contributed by atoms with Crippen LogP contribution in [0.15, 0.2) is 36.0 Å². The summed E-state index contributed by atoms with van der Waals surface area (Å²) in [6, 6.07) is 7.36. The number of nitrogens with one attached hydrogen (secondary N) is 2. The van der Waals surface area contributed by atoms with E-state index in [-0.39, 0.29) is 17.5 Å². The number of amides is 1. The van der Waals surface area contributed by atoms with Crippen LogP contribution < -0.4 is 16.5 Å². The van der Waals surface area contributed by atoms with E-state index in [1.54, 1.807) is 11.2 Å². The molecule has 2 saturated carbocycles. The molecule has 1 aromatic carbocycles. The first kappa shape index (κ1) is 23.0. The number of carbonyl (C=O) groups is 1. The van der Waals surface area contributed by atoms with E-state index in [0.717, 1.165) is 44.5 Å². The van der Waals surface area contributed by atoms with Crippen molar-refractivity contribution in [2.24, 2.45) is 17.1 Å². The number of hydrogen-bond acceptors (Lipinski definition) is 6. The summed E-state index contributed by atoms with van der Waals surface area (Å²) in [5.74, 6) is -0.840. The van der Waals surface area contributed by atoms with Crippen LogP contribution in [0.5, 0.6) is 0 Å². The molecule has 5 rings (SSSR count). The number of halogens is 3. The van der Waals surface area contributed by atoms with Gasteiger partial charge in [0, 0.05) is 31.0 Å². The number of benzene rings is 1. The minimum Gasteiger partial charge on any atom is -0.366 e. The van der Waals surface area contributed by atoms with Gasteiger partial charge in [0.2, 0.25) is 5.91 Å². The third kappa shape index (κ3) is 4.23. The zero-order valence-electron chi connectivity index (χ0n) is 18.8. The molecule has 34 heavy (non-hydrogen) atoms. The van der Waals surface area contributed by atoms with Gasteiger partial charge < -0.3 is 16.1 Å². The number of hydrogen-bond donors (Lipinski definition) is 3. The van der Waals surface area contributed by atoms with Gasteiger partial charge in [-0.1, -0.05) is 6.42 Å². The molecule has 0 bridgehead atoms.